The molecule has 88 valence electrons. The minimum Gasteiger partial charge on any atom is -0.366 e. The Labute approximate surface area is 97.9 Å². The van der Waals surface area contributed by atoms with Gasteiger partial charge >= 0.3 is 0 Å². The highest BCUT2D eigenvalue weighted by molar-refractivity contribution is 5.99. The van der Waals surface area contributed by atoms with E-state index in [1.165, 1.54) is 6.08 Å². The molecule has 1 aliphatic heterocycles. The van der Waals surface area contributed by atoms with Crippen molar-refractivity contribution in [1.29, 1.82) is 0 Å². The van der Waals surface area contributed by atoms with Crippen molar-refractivity contribution in [2.24, 2.45) is 10.7 Å². The summed E-state index contributed by atoms with van der Waals surface area (Å²) in [7, 11) is 0. The van der Waals surface area contributed by atoms with Crippen molar-refractivity contribution in [1.82, 2.24) is 5.23 Å². The highest BCUT2D eigenvalue weighted by Crippen LogP contribution is 2.04. The molecule has 0 spiro atoms. The number of rotatable bonds is 2. The van der Waals surface area contributed by atoms with E-state index in [2.05, 4.69) is 4.99 Å². The number of amides is 1. The molecular weight excluding hydrogens is 222 g/mol. The topological polar surface area (TPSA) is 77.2 Å². The van der Waals surface area contributed by atoms with Crippen LogP contribution in [0.4, 0.5) is 0 Å². The zero-order valence-corrected chi connectivity index (χ0v) is 8.95. The van der Waals surface area contributed by atoms with Crippen LogP contribution in [0.5, 0.6) is 0 Å². The number of guanidine groups is 1. The summed E-state index contributed by atoms with van der Waals surface area (Å²) in [5.41, 5.74) is 6.33. The Bertz CT molecular complexity index is 452. The van der Waals surface area contributed by atoms with Gasteiger partial charge in [0, 0.05) is 6.08 Å². The van der Waals surface area contributed by atoms with E-state index >= 15 is 0 Å². The second kappa shape index (κ2) is 5.24. The van der Waals surface area contributed by atoms with Crippen molar-refractivity contribution < 1.29 is 14.5 Å². The van der Waals surface area contributed by atoms with Gasteiger partial charge in [0.25, 0.3) is 11.9 Å². The Hall–Kier alpha value is -2.18. The number of aliphatic imine (C=N–C) groups is 1. The molecule has 2 rings (SSSR count). The fraction of sp³-hybridized carbons (Fsp3) is 0.0909. The molecule has 0 bridgehead atoms. The van der Waals surface area contributed by atoms with E-state index in [-0.39, 0.29) is 12.8 Å². The first-order valence-corrected chi connectivity index (χ1v) is 4.93. The third-order valence-corrected chi connectivity index (χ3v) is 1.97. The second-order valence-electron chi connectivity index (χ2n) is 3.19. The maximum Gasteiger partial charge on any atom is 0.273 e. The highest BCUT2D eigenvalue weighted by atomic mass is 17.1. The van der Waals surface area contributed by atoms with Crippen molar-refractivity contribution >= 4 is 17.9 Å². The molecule has 1 aromatic rings. The molecule has 0 aliphatic carbocycles. The zero-order valence-electron chi connectivity index (χ0n) is 8.95. The van der Waals surface area contributed by atoms with E-state index < -0.39 is 5.91 Å². The third kappa shape index (κ3) is 3.13. The normalized spacial score (nSPS) is 16.0. The predicted octanol–water partition coefficient (Wildman–Crippen LogP) is 0.677. The van der Waals surface area contributed by atoms with Crippen LogP contribution in [0.25, 0.3) is 6.08 Å². The van der Waals surface area contributed by atoms with Crippen LogP contribution in [0.2, 0.25) is 0 Å². The van der Waals surface area contributed by atoms with E-state index in [1.54, 1.807) is 6.08 Å². The van der Waals surface area contributed by atoms with Crippen molar-refractivity contribution in [3.63, 3.8) is 0 Å². The molecule has 17 heavy (non-hydrogen) atoms. The summed E-state index contributed by atoms with van der Waals surface area (Å²) in [6.45, 7) is 0.115. The number of hydroxylamine groups is 2. The van der Waals surface area contributed by atoms with Crippen molar-refractivity contribution in [2.45, 2.75) is 0 Å². The van der Waals surface area contributed by atoms with Gasteiger partial charge in [-0.2, -0.15) is 4.99 Å². The molecule has 0 atom stereocenters. The molecule has 1 aromatic carbocycles. The zero-order chi connectivity index (χ0) is 12.1. The molecule has 0 aromatic heterocycles. The summed E-state index contributed by atoms with van der Waals surface area (Å²) in [4.78, 5) is 24.4. The van der Waals surface area contributed by atoms with Crippen LogP contribution >= 0.6 is 0 Å². The van der Waals surface area contributed by atoms with Gasteiger partial charge in [-0.05, 0) is 11.6 Å². The first-order valence-electron chi connectivity index (χ1n) is 4.93. The van der Waals surface area contributed by atoms with E-state index in [4.69, 9.17) is 15.4 Å². The number of benzene rings is 1. The highest BCUT2D eigenvalue weighted by Gasteiger charge is 2.19. The molecule has 1 heterocycles. The van der Waals surface area contributed by atoms with Crippen molar-refractivity contribution in [3.05, 3.63) is 42.0 Å². The van der Waals surface area contributed by atoms with Crippen LogP contribution < -0.4 is 5.73 Å². The summed E-state index contributed by atoms with van der Waals surface area (Å²) in [5.74, 6) is -0.607. The van der Waals surface area contributed by atoms with Crippen LogP contribution in [-0.4, -0.2) is 23.9 Å². The Balaban J connectivity index is 1.95. The van der Waals surface area contributed by atoms with Gasteiger partial charge in [0.15, 0.2) is 0 Å². The van der Waals surface area contributed by atoms with Gasteiger partial charge in [-0.3, -0.25) is 4.79 Å². The first kappa shape index (κ1) is 11.3. The lowest BCUT2D eigenvalue weighted by atomic mass is 10.2. The van der Waals surface area contributed by atoms with Crippen molar-refractivity contribution in [3.8, 4) is 0 Å². The van der Waals surface area contributed by atoms with E-state index in [9.17, 15) is 4.79 Å². The molecule has 6 nitrogen and oxygen atoms in total. The molecule has 0 radical (unpaired) electrons. The molecule has 1 amide bonds. The number of carbonyl (C=O) groups is 1. The van der Waals surface area contributed by atoms with E-state index in [1.807, 2.05) is 30.3 Å². The lowest BCUT2D eigenvalue weighted by Gasteiger charge is -2.27. The maximum absolute atomic E-state index is 11.4. The van der Waals surface area contributed by atoms with Crippen LogP contribution in [0.3, 0.4) is 0 Å². The standard InChI is InChI=1S/C11H11N3O3/c12-11(14-16-8-17-14)13-10(15)7-6-9-4-2-1-3-5-9/h1-7H,8H2,(H2,12,13,15). The molecule has 0 saturated carbocycles. The average molecular weight is 233 g/mol. The monoisotopic (exact) mass is 233 g/mol. The Morgan fingerprint density at radius 2 is 2.06 bits per heavy atom. The molecular formula is C11H11N3O3. The second-order valence-corrected chi connectivity index (χ2v) is 3.19. The smallest absolute Gasteiger partial charge is 0.273 e. The van der Waals surface area contributed by atoms with Gasteiger partial charge in [0.05, 0.1) is 0 Å². The molecule has 0 unspecified atom stereocenters. The number of hydrogen-bond acceptors (Lipinski definition) is 3. The van der Waals surface area contributed by atoms with Crippen LogP contribution in [0.15, 0.2) is 41.4 Å². The van der Waals surface area contributed by atoms with Gasteiger partial charge in [-0.15, -0.1) is 0 Å². The van der Waals surface area contributed by atoms with Crippen LogP contribution in [-0.2, 0) is 14.5 Å². The van der Waals surface area contributed by atoms with Gasteiger partial charge in [-0.1, -0.05) is 35.6 Å². The average Bonchev–Trinajstić information content (AvgIpc) is 2.25. The fourth-order valence-electron chi connectivity index (χ4n) is 1.16. The number of carbonyl (C=O) groups excluding carboxylic acids is 1. The Morgan fingerprint density at radius 1 is 1.35 bits per heavy atom. The van der Waals surface area contributed by atoms with Crippen LogP contribution in [0.1, 0.15) is 5.56 Å². The van der Waals surface area contributed by atoms with Gasteiger partial charge in [-0.25, -0.2) is 9.68 Å². The van der Waals surface area contributed by atoms with Crippen LogP contribution in [0, 0.1) is 0 Å². The SMILES string of the molecule is NC(=NC(=O)C=Cc1ccccc1)N1OCO1. The number of nitrogens with zero attached hydrogens (tertiary/aromatic N) is 2. The van der Waals surface area contributed by atoms with Gasteiger partial charge in [0.2, 0.25) is 6.79 Å². The maximum atomic E-state index is 11.4. The quantitative estimate of drug-likeness (QED) is 0.461. The molecule has 1 fully saturated rings. The summed E-state index contributed by atoms with van der Waals surface area (Å²) in [6.07, 6.45) is 2.97. The van der Waals surface area contributed by atoms with E-state index in [0.29, 0.717) is 0 Å². The summed E-state index contributed by atoms with van der Waals surface area (Å²) in [6, 6.07) is 9.40. The molecule has 1 aliphatic rings. The lowest BCUT2D eigenvalue weighted by Crippen LogP contribution is -2.46. The molecule has 2 N–H and O–H groups in total. The van der Waals surface area contributed by atoms with Gasteiger partial charge < -0.3 is 5.73 Å². The summed E-state index contributed by atoms with van der Waals surface area (Å²) < 4.78 is 0. The molecule has 6 heteroatoms. The fourth-order valence-corrected chi connectivity index (χ4v) is 1.16. The minimum atomic E-state index is -0.481. The predicted molar refractivity (Wildman–Crippen MR) is 61.0 cm³/mol. The minimum absolute atomic E-state index is 0.115. The van der Waals surface area contributed by atoms with Crippen molar-refractivity contribution in [2.75, 3.05) is 6.79 Å². The Kier molecular flexibility index (Phi) is 3.49. The third-order valence-electron chi connectivity index (χ3n) is 1.97. The largest absolute Gasteiger partial charge is 0.366 e. The Morgan fingerprint density at radius 3 is 2.65 bits per heavy atom. The lowest BCUT2D eigenvalue weighted by molar-refractivity contribution is -0.478. The molecule has 1 saturated heterocycles. The summed E-state index contributed by atoms with van der Waals surface area (Å²) >= 11 is 0. The summed E-state index contributed by atoms with van der Waals surface area (Å²) in [5, 5.41) is 0.883. The van der Waals surface area contributed by atoms with E-state index in [0.717, 1.165) is 10.8 Å². The number of nitrogens with two attached hydrogens (primary N) is 1. The first-order chi connectivity index (χ1) is 8.25. The number of hydrogen-bond donors (Lipinski definition) is 1. The van der Waals surface area contributed by atoms with Gasteiger partial charge in [0.1, 0.15) is 0 Å².